The SMILES string of the molecule is CCc1nc2ccc(SC)cc2c(=O)n1C. The molecule has 0 bridgehead atoms. The Morgan fingerprint density at radius 2 is 2.19 bits per heavy atom. The lowest BCUT2D eigenvalue weighted by Gasteiger charge is -2.07. The molecule has 1 aromatic heterocycles. The number of rotatable bonds is 2. The third-order valence-corrected chi connectivity index (χ3v) is 3.42. The number of aryl methyl sites for hydroxylation is 1. The highest BCUT2D eigenvalue weighted by molar-refractivity contribution is 7.98. The van der Waals surface area contributed by atoms with Gasteiger partial charge in [0.1, 0.15) is 5.82 Å². The van der Waals surface area contributed by atoms with Crippen molar-refractivity contribution in [1.82, 2.24) is 9.55 Å². The van der Waals surface area contributed by atoms with Gasteiger partial charge in [-0.25, -0.2) is 4.98 Å². The van der Waals surface area contributed by atoms with Crippen molar-refractivity contribution in [2.75, 3.05) is 6.26 Å². The smallest absolute Gasteiger partial charge is 0.261 e. The molecule has 1 heterocycles. The predicted octanol–water partition coefficient (Wildman–Crippen LogP) is 2.22. The highest BCUT2D eigenvalue weighted by Gasteiger charge is 2.07. The molecule has 0 fully saturated rings. The molecule has 4 heteroatoms. The van der Waals surface area contributed by atoms with Gasteiger partial charge in [-0.3, -0.25) is 9.36 Å². The van der Waals surface area contributed by atoms with Gasteiger partial charge in [-0.2, -0.15) is 0 Å². The van der Waals surface area contributed by atoms with Gasteiger partial charge in [0.2, 0.25) is 0 Å². The molecule has 0 N–H and O–H groups in total. The van der Waals surface area contributed by atoms with E-state index in [1.54, 1.807) is 23.4 Å². The van der Waals surface area contributed by atoms with Crippen LogP contribution < -0.4 is 5.56 Å². The van der Waals surface area contributed by atoms with E-state index in [-0.39, 0.29) is 5.56 Å². The normalized spacial score (nSPS) is 10.9. The van der Waals surface area contributed by atoms with E-state index in [0.717, 1.165) is 22.7 Å². The Bertz CT molecular complexity index is 589. The number of hydrogen-bond acceptors (Lipinski definition) is 3. The fourth-order valence-electron chi connectivity index (χ4n) is 1.74. The molecule has 0 radical (unpaired) electrons. The van der Waals surface area contributed by atoms with Crippen molar-refractivity contribution in [2.24, 2.45) is 7.05 Å². The van der Waals surface area contributed by atoms with E-state index in [4.69, 9.17) is 0 Å². The quantitative estimate of drug-likeness (QED) is 0.747. The molecule has 0 saturated heterocycles. The maximum absolute atomic E-state index is 12.1. The van der Waals surface area contributed by atoms with Gasteiger partial charge in [0.25, 0.3) is 5.56 Å². The minimum atomic E-state index is 0.0396. The van der Waals surface area contributed by atoms with Crippen LogP contribution in [0.3, 0.4) is 0 Å². The van der Waals surface area contributed by atoms with Crippen molar-refractivity contribution in [3.8, 4) is 0 Å². The molecule has 0 atom stereocenters. The first-order chi connectivity index (χ1) is 7.67. The second kappa shape index (κ2) is 4.29. The van der Waals surface area contributed by atoms with Crippen LogP contribution in [-0.4, -0.2) is 15.8 Å². The molecular weight excluding hydrogens is 220 g/mol. The van der Waals surface area contributed by atoms with Crippen LogP contribution in [0.5, 0.6) is 0 Å². The average Bonchev–Trinajstić information content (AvgIpc) is 2.33. The highest BCUT2D eigenvalue weighted by Crippen LogP contribution is 2.18. The van der Waals surface area contributed by atoms with Gasteiger partial charge in [0.05, 0.1) is 10.9 Å². The lowest BCUT2D eigenvalue weighted by Crippen LogP contribution is -2.21. The van der Waals surface area contributed by atoms with Crippen molar-refractivity contribution in [3.05, 3.63) is 34.4 Å². The van der Waals surface area contributed by atoms with Crippen LogP contribution in [0.1, 0.15) is 12.7 Å². The molecular formula is C12H14N2OS. The first-order valence-electron chi connectivity index (χ1n) is 5.21. The Hall–Kier alpha value is -1.29. The standard InChI is InChI=1S/C12H14N2OS/c1-4-11-13-10-6-5-8(16-3)7-9(10)12(15)14(11)2/h5-7H,4H2,1-3H3. The van der Waals surface area contributed by atoms with Gasteiger partial charge in [0, 0.05) is 18.4 Å². The zero-order chi connectivity index (χ0) is 11.7. The predicted molar refractivity (Wildman–Crippen MR) is 68.1 cm³/mol. The van der Waals surface area contributed by atoms with Crippen LogP contribution in [0, 0.1) is 0 Å². The van der Waals surface area contributed by atoms with Crippen molar-refractivity contribution in [1.29, 1.82) is 0 Å². The van der Waals surface area contributed by atoms with Crippen LogP contribution >= 0.6 is 11.8 Å². The van der Waals surface area contributed by atoms with Gasteiger partial charge in [0.15, 0.2) is 0 Å². The van der Waals surface area contributed by atoms with E-state index in [1.165, 1.54) is 0 Å². The van der Waals surface area contributed by atoms with Gasteiger partial charge >= 0.3 is 0 Å². The van der Waals surface area contributed by atoms with E-state index in [1.807, 2.05) is 31.4 Å². The lowest BCUT2D eigenvalue weighted by molar-refractivity contribution is 0.752. The first kappa shape index (κ1) is 11.2. The number of thioether (sulfide) groups is 1. The minimum Gasteiger partial charge on any atom is -0.299 e. The summed E-state index contributed by atoms with van der Waals surface area (Å²) in [6, 6.07) is 5.83. The van der Waals surface area contributed by atoms with Gasteiger partial charge < -0.3 is 0 Å². The number of hydrogen-bond donors (Lipinski definition) is 0. The molecule has 2 rings (SSSR count). The number of fused-ring (bicyclic) bond motifs is 1. The number of aromatic nitrogens is 2. The summed E-state index contributed by atoms with van der Waals surface area (Å²) in [6.45, 7) is 2.00. The maximum Gasteiger partial charge on any atom is 0.261 e. The molecule has 0 aliphatic rings. The Morgan fingerprint density at radius 3 is 2.81 bits per heavy atom. The molecule has 1 aromatic carbocycles. The molecule has 2 aromatic rings. The van der Waals surface area contributed by atoms with Gasteiger partial charge in [-0.05, 0) is 24.5 Å². The Morgan fingerprint density at radius 1 is 1.44 bits per heavy atom. The summed E-state index contributed by atoms with van der Waals surface area (Å²) in [4.78, 5) is 17.7. The van der Waals surface area contributed by atoms with E-state index < -0.39 is 0 Å². The monoisotopic (exact) mass is 234 g/mol. The lowest BCUT2D eigenvalue weighted by atomic mass is 10.2. The molecule has 3 nitrogen and oxygen atoms in total. The van der Waals surface area contributed by atoms with E-state index in [2.05, 4.69) is 4.98 Å². The largest absolute Gasteiger partial charge is 0.299 e. The van der Waals surface area contributed by atoms with E-state index in [9.17, 15) is 4.79 Å². The average molecular weight is 234 g/mol. The maximum atomic E-state index is 12.1. The van der Waals surface area contributed by atoms with Crippen molar-refractivity contribution in [3.63, 3.8) is 0 Å². The topological polar surface area (TPSA) is 34.9 Å². The van der Waals surface area contributed by atoms with Crippen molar-refractivity contribution in [2.45, 2.75) is 18.2 Å². The number of benzene rings is 1. The van der Waals surface area contributed by atoms with Crippen LogP contribution in [0.25, 0.3) is 10.9 Å². The van der Waals surface area contributed by atoms with E-state index >= 15 is 0 Å². The van der Waals surface area contributed by atoms with E-state index in [0.29, 0.717) is 5.39 Å². The summed E-state index contributed by atoms with van der Waals surface area (Å²) < 4.78 is 1.63. The van der Waals surface area contributed by atoms with Gasteiger partial charge in [-0.1, -0.05) is 6.92 Å². The molecule has 0 spiro atoms. The molecule has 0 saturated carbocycles. The fraction of sp³-hybridized carbons (Fsp3) is 0.333. The molecule has 0 unspecified atom stereocenters. The zero-order valence-electron chi connectivity index (χ0n) is 9.65. The Kier molecular flexibility index (Phi) is 3.01. The van der Waals surface area contributed by atoms with Crippen LogP contribution in [-0.2, 0) is 13.5 Å². The number of nitrogens with zero attached hydrogens (tertiary/aromatic N) is 2. The second-order valence-corrected chi connectivity index (χ2v) is 4.51. The first-order valence-corrected chi connectivity index (χ1v) is 6.43. The zero-order valence-corrected chi connectivity index (χ0v) is 10.5. The minimum absolute atomic E-state index is 0.0396. The third kappa shape index (κ3) is 1.73. The van der Waals surface area contributed by atoms with Gasteiger partial charge in [-0.15, -0.1) is 11.8 Å². The molecule has 0 aliphatic carbocycles. The van der Waals surface area contributed by atoms with Crippen molar-refractivity contribution < 1.29 is 0 Å². The van der Waals surface area contributed by atoms with Crippen LogP contribution in [0.2, 0.25) is 0 Å². The summed E-state index contributed by atoms with van der Waals surface area (Å²) in [5, 5.41) is 0.701. The molecule has 84 valence electrons. The van der Waals surface area contributed by atoms with Crippen LogP contribution in [0.15, 0.2) is 27.9 Å². The summed E-state index contributed by atoms with van der Waals surface area (Å²) in [6.07, 6.45) is 2.77. The Balaban J connectivity index is 2.82. The Labute approximate surface area is 98.5 Å². The third-order valence-electron chi connectivity index (χ3n) is 2.69. The molecule has 0 aliphatic heterocycles. The molecule has 0 amide bonds. The summed E-state index contributed by atoms with van der Waals surface area (Å²) in [5.74, 6) is 0.828. The highest BCUT2D eigenvalue weighted by atomic mass is 32.2. The van der Waals surface area contributed by atoms with Crippen molar-refractivity contribution >= 4 is 22.7 Å². The summed E-state index contributed by atoms with van der Waals surface area (Å²) >= 11 is 1.63. The van der Waals surface area contributed by atoms with Crippen LogP contribution in [0.4, 0.5) is 0 Å². The summed E-state index contributed by atoms with van der Waals surface area (Å²) in [7, 11) is 1.78. The summed E-state index contributed by atoms with van der Waals surface area (Å²) in [5.41, 5.74) is 0.829. The fourth-order valence-corrected chi connectivity index (χ4v) is 2.18. The second-order valence-electron chi connectivity index (χ2n) is 3.63. The molecule has 16 heavy (non-hydrogen) atoms.